The Morgan fingerprint density at radius 3 is 2.45 bits per heavy atom. The molecule has 3 atom stereocenters. The molecule has 208 valence electrons. The molecule has 10 heteroatoms. The number of phenols is 1. The maximum absolute atomic E-state index is 14.1. The molecule has 2 amide bonds. The number of hydrogen-bond donors (Lipinski definition) is 3. The number of carboxylic acid groups (broad SMARTS) is 1. The lowest BCUT2D eigenvalue weighted by molar-refractivity contribution is -0.158. The molecule has 1 fully saturated rings. The zero-order valence-electron chi connectivity index (χ0n) is 21.6. The van der Waals surface area contributed by atoms with Crippen LogP contribution in [-0.2, 0) is 16.0 Å². The topological polar surface area (TPSA) is 110 Å². The number of carbonyl (C=O) groups is 3. The number of hydrogen-bond acceptors (Lipinski definition) is 5. The van der Waals surface area contributed by atoms with Gasteiger partial charge in [0, 0.05) is 28.7 Å². The first-order valence-electron chi connectivity index (χ1n) is 13.2. The highest BCUT2D eigenvalue weighted by Crippen LogP contribution is 2.47. The fraction of sp³-hybridized carbons (Fsp3) is 0.300. The largest absolute Gasteiger partial charge is 0.508 e. The second-order valence-corrected chi connectivity index (χ2v) is 10.9. The third-order valence-corrected chi connectivity index (χ3v) is 8.13. The second kappa shape index (κ2) is 11.9. The van der Waals surface area contributed by atoms with Gasteiger partial charge in [-0.1, -0.05) is 59.6 Å². The van der Waals surface area contributed by atoms with E-state index in [-0.39, 0.29) is 22.6 Å². The summed E-state index contributed by atoms with van der Waals surface area (Å²) in [5.74, 6) is -2.43. The number of nitrogens with zero attached hydrogens (tertiary/aromatic N) is 2. The van der Waals surface area contributed by atoms with E-state index in [1.165, 1.54) is 5.01 Å². The van der Waals surface area contributed by atoms with E-state index in [9.17, 15) is 24.6 Å². The number of piperidine rings is 1. The van der Waals surface area contributed by atoms with E-state index >= 15 is 0 Å². The molecular formula is C30H29Cl2N3O5. The smallest absolute Gasteiger partial charge is 0.322 e. The van der Waals surface area contributed by atoms with Gasteiger partial charge in [-0.2, -0.15) is 0 Å². The molecule has 2 aliphatic heterocycles. The maximum atomic E-state index is 14.1. The molecular weight excluding hydrogens is 553 g/mol. The molecule has 0 bridgehead atoms. The quantitative estimate of drug-likeness (QED) is 0.354. The summed E-state index contributed by atoms with van der Waals surface area (Å²) in [6, 6.07) is 16.8. The molecule has 1 saturated heterocycles. The monoisotopic (exact) mass is 581 g/mol. The van der Waals surface area contributed by atoms with Crippen molar-refractivity contribution in [3.63, 3.8) is 0 Å². The standard InChI is InChI=1S/C30H29Cl2N3O5/c31-19-10-13-23(24(32)17-19)27-26(28(37)33-15-14-18-8-11-20(36)12-9-18)21-5-1-2-6-22(21)29(38)35(27)34-16-4-3-7-25(34)30(39)40/h1-2,5-6,8-13,17,25-27,36H,3-4,7,14-16H2,(H,33,37)(H,39,40). The first-order chi connectivity index (χ1) is 19.3. The van der Waals surface area contributed by atoms with E-state index in [1.807, 2.05) is 0 Å². The van der Waals surface area contributed by atoms with Crippen molar-refractivity contribution in [3.8, 4) is 5.75 Å². The summed E-state index contributed by atoms with van der Waals surface area (Å²) in [5.41, 5.74) is 2.33. The SMILES string of the molecule is O=C(NCCc1ccc(O)cc1)C1c2ccccc2C(=O)N(N2CCCCC2C(=O)O)C1c1ccc(Cl)cc1Cl. The van der Waals surface area contributed by atoms with Crippen LogP contribution in [0.2, 0.25) is 10.0 Å². The highest BCUT2D eigenvalue weighted by Gasteiger charge is 2.49. The first kappa shape index (κ1) is 28.0. The predicted octanol–water partition coefficient (Wildman–Crippen LogP) is 5.19. The fourth-order valence-electron chi connectivity index (χ4n) is 5.67. The summed E-state index contributed by atoms with van der Waals surface area (Å²) in [7, 11) is 0. The molecule has 2 heterocycles. The van der Waals surface area contributed by atoms with Crippen LogP contribution in [0.15, 0.2) is 66.7 Å². The second-order valence-electron chi connectivity index (χ2n) is 10.0. The van der Waals surface area contributed by atoms with Crippen LogP contribution in [0.25, 0.3) is 0 Å². The van der Waals surface area contributed by atoms with Crippen LogP contribution in [0.4, 0.5) is 0 Å². The predicted molar refractivity (Wildman–Crippen MR) is 151 cm³/mol. The Balaban J connectivity index is 1.58. The molecule has 3 unspecified atom stereocenters. The van der Waals surface area contributed by atoms with Crippen LogP contribution in [0, 0.1) is 0 Å². The number of rotatable bonds is 7. The molecule has 0 aromatic heterocycles. The fourth-order valence-corrected chi connectivity index (χ4v) is 6.19. The van der Waals surface area contributed by atoms with Crippen molar-refractivity contribution in [2.24, 2.45) is 0 Å². The third-order valence-electron chi connectivity index (χ3n) is 7.56. The minimum atomic E-state index is -1.03. The number of nitrogens with one attached hydrogen (secondary N) is 1. The molecule has 5 rings (SSSR count). The highest BCUT2D eigenvalue weighted by atomic mass is 35.5. The van der Waals surface area contributed by atoms with Crippen molar-refractivity contribution in [1.29, 1.82) is 0 Å². The lowest BCUT2D eigenvalue weighted by atomic mass is 9.79. The lowest BCUT2D eigenvalue weighted by Crippen LogP contribution is -2.60. The van der Waals surface area contributed by atoms with E-state index in [0.29, 0.717) is 54.1 Å². The molecule has 8 nitrogen and oxygen atoms in total. The molecule has 2 aliphatic rings. The normalized spacial score (nSPS) is 21.1. The molecule has 3 aromatic carbocycles. The van der Waals surface area contributed by atoms with Gasteiger partial charge in [-0.05, 0) is 72.7 Å². The van der Waals surface area contributed by atoms with Gasteiger partial charge >= 0.3 is 5.97 Å². The molecule has 0 aliphatic carbocycles. The summed E-state index contributed by atoms with van der Waals surface area (Å²) in [6.45, 7) is 0.667. The van der Waals surface area contributed by atoms with Crippen molar-refractivity contribution in [1.82, 2.24) is 15.3 Å². The number of benzene rings is 3. The Kier molecular flexibility index (Phi) is 8.30. The molecule has 0 radical (unpaired) electrons. The van der Waals surface area contributed by atoms with E-state index < -0.39 is 24.0 Å². The number of aliphatic carboxylic acids is 1. The molecule has 0 spiro atoms. The van der Waals surface area contributed by atoms with Gasteiger partial charge in [0.1, 0.15) is 11.8 Å². The van der Waals surface area contributed by atoms with Crippen molar-refractivity contribution >= 4 is 41.0 Å². The summed E-state index contributed by atoms with van der Waals surface area (Å²) >= 11 is 12.9. The molecule has 40 heavy (non-hydrogen) atoms. The van der Waals surface area contributed by atoms with Gasteiger partial charge in [-0.25, -0.2) is 5.01 Å². The van der Waals surface area contributed by atoms with E-state index in [1.54, 1.807) is 71.7 Å². The van der Waals surface area contributed by atoms with Crippen LogP contribution in [-0.4, -0.2) is 57.1 Å². The first-order valence-corrected chi connectivity index (χ1v) is 13.9. The summed E-state index contributed by atoms with van der Waals surface area (Å²) < 4.78 is 0. The van der Waals surface area contributed by atoms with Gasteiger partial charge in [0.15, 0.2) is 0 Å². The number of hydrazine groups is 1. The van der Waals surface area contributed by atoms with E-state index in [4.69, 9.17) is 23.2 Å². The highest BCUT2D eigenvalue weighted by molar-refractivity contribution is 6.35. The van der Waals surface area contributed by atoms with Crippen LogP contribution in [0.5, 0.6) is 5.75 Å². The Labute approximate surface area is 242 Å². The zero-order valence-corrected chi connectivity index (χ0v) is 23.1. The number of phenolic OH excluding ortho intramolecular Hbond substituents is 1. The van der Waals surface area contributed by atoms with Crippen molar-refractivity contribution in [3.05, 3.63) is 99.0 Å². The number of fused-ring (bicyclic) bond motifs is 1. The summed E-state index contributed by atoms with van der Waals surface area (Å²) in [4.78, 5) is 40.4. The Morgan fingerprint density at radius 1 is 0.975 bits per heavy atom. The van der Waals surface area contributed by atoms with Gasteiger partial charge in [-0.3, -0.25) is 19.4 Å². The lowest BCUT2D eigenvalue weighted by Gasteiger charge is -2.49. The van der Waals surface area contributed by atoms with Gasteiger partial charge in [0.05, 0.1) is 12.0 Å². The van der Waals surface area contributed by atoms with Gasteiger partial charge in [0.25, 0.3) is 5.91 Å². The third kappa shape index (κ3) is 5.52. The van der Waals surface area contributed by atoms with E-state index in [0.717, 1.165) is 12.0 Å². The van der Waals surface area contributed by atoms with Crippen molar-refractivity contribution in [2.45, 2.75) is 43.7 Å². The van der Waals surface area contributed by atoms with Gasteiger partial charge in [-0.15, -0.1) is 0 Å². The maximum Gasteiger partial charge on any atom is 0.322 e. The van der Waals surface area contributed by atoms with Crippen LogP contribution in [0.1, 0.15) is 58.3 Å². The average Bonchev–Trinajstić information content (AvgIpc) is 2.94. The molecule has 3 aromatic rings. The summed E-state index contributed by atoms with van der Waals surface area (Å²) in [6.07, 6.45) is 2.34. The minimum absolute atomic E-state index is 0.163. The van der Waals surface area contributed by atoms with Gasteiger partial charge < -0.3 is 15.5 Å². The number of carbonyl (C=O) groups excluding carboxylic acids is 2. The van der Waals surface area contributed by atoms with Crippen molar-refractivity contribution < 1.29 is 24.6 Å². The number of halogens is 2. The minimum Gasteiger partial charge on any atom is -0.508 e. The zero-order chi connectivity index (χ0) is 28.4. The van der Waals surface area contributed by atoms with Crippen LogP contribution < -0.4 is 5.32 Å². The molecule has 0 saturated carbocycles. The van der Waals surface area contributed by atoms with Crippen molar-refractivity contribution in [2.75, 3.05) is 13.1 Å². The number of carboxylic acids is 1. The Bertz CT molecular complexity index is 1430. The van der Waals surface area contributed by atoms with Crippen LogP contribution >= 0.6 is 23.2 Å². The summed E-state index contributed by atoms with van der Waals surface area (Å²) in [5, 5.41) is 26.4. The molecule has 3 N–H and O–H groups in total. The van der Waals surface area contributed by atoms with E-state index in [2.05, 4.69) is 5.32 Å². The number of amides is 2. The van der Waals surface area contributed by atoms with Crippen LogP contribution in [0.3, 0.4) is 0 Å². The van der Waals surface area contributed by atoms with Gasteiger partial charge in [0.2, 0.25) is 5.91 Å². The Hall–Kier alpha value is -3.59. The Morgan fingerprint density at radius 2 is 1.73 bits per heavy atom. The number of aromatic hydroxyl groups is 1. The average molecular weight is 582 g/mol.